The molecule has 0 amide bonds. The summed E-state index contributed by atoms with van der Waals surface area (Å²) in [5.74, 6) is -1.24. The van der Waals surface area contributed by atoms with Crippen LogP contribution in [0.15, 0.2) is 0 Å². The maximum atomic E-state index is 11.9. The van der Waals surface area contributed by atoms with Gasteiger partial charge in [0.2, 0.25) is 0 Å². The number of nitrogens with zero attached hydrogens (tertiary/aromatic N) is 2. The van der Waals surface area contributed by atoms with Gasteiger partial charge >= 0.3 is 11.9 Å². The Labute approximate surface area is 120 Å². The lowest BCUT2D eigenvalue weighted by molar-refractivity contribution is -0.360. The third kappa shape index (κ3) is 2.16. The Morgan fingerprint density at radius 2 is 1.38 bits per heavy atom. The Hall–Kier alpha value is -2.06. The fourth-order valence-electron chi connectivity index (χ4n) is 2.71. The first-order valence-electron chi connectivity index (χ1n) is 6.56. The van der Waals surface area contributed by atoms with Gasteiger partial charge in [0.15, 0.2) is 11.4 Å². The Bertz CT molecular complexity index is 548. The second-order valence-electron chi connectivity index (χ2n) is 4.81. The van der Waals surface area contributed by atoms with Gasteiger partial charge < -0.3 is 9.47 Å². The molecule has 0 aromatic carbocycles. The van der Waals surface area contributed by atoms with Gasteiger partial charge in [0.25, 0.3) is 0 Å². The van der Waals surface area contributed by atoms with Crippen LogP contribution in [0.4, 0.5) is 0 Å². The Kier molecular flexibility index (Phi) is 3.56. The highest BCUT2D eigenvalue weighted by molar-refractivity contribution is 5.93. The first-order chi connectivity index (χ1) is 10.2. The average molecular weight is 294 g/mol. The van der Waals surface area contributed by atoms with Crippen LogP contribution in [0.1, 0.15) is 63.6 Å². The molecule has 4 rings (SSSR count). The standard InChI is InChI=1S/C13H14N2O6/c1-18-12(16)10-8-6-4-3-5-7(21-20-6)9(8)11(15-14-10)13(17)19-2/h6-7H,3-5H2,1-2H3. The van der Waals surface area contributed by atoms with Crippen molar-refractivity contribution in [1.82, 2.24) is 10.2 Å². The van der Waals surface area contributed by atoms with Crippen molar-refractivity contribution in [2.24, 2.45) is 0 Å². The van der Waals surface area contributed by atoms with Gasteiger partial charge in [-0.3, -0.25) is 0 Å². The summed E-state index contributed by atoms with van der Waals surface area (Å²) in [7, 11) is 2.52. The monoisotopic (exact) mass is 294 g/mol. The zero-order valence-electron chi connectivity index (χ0n) is 11.6. The molecular formula is C13H14N2O6. The van der Waals surface area contributed by atoms with Crippen molar-refractivity contribution < 1.29 is 28.8 Å². The zero-order chi connectivity index (χ0) is 15.0. The minimum absolute atomic E-state index is 0.0559. The fraction of sp³-hybridized carbons (Fsp3) is 0.538. The maximum absolute atomic E-state index is 11.9. The molecule has 2 aliphatic heterocycles. The minimum atomic E-state index is -0.619. The highest BCUT2D eigenvalue weighted by atomic mass is 17.2. The van der Waals surface area contributed by atoms with Crippen LogP contribution < -0.4 is 0 Å². The van der Waals surface area contributed by atoms with Gasteiger partial charge in [0.05, 0.1) is 14.2 Å². The van der Waals surface area contributed by atoms with E-state index in [2.05, 4.69) is 10.2 Å². The highest BCUT2D eigenvalue weighted by Gasteiger charge is 2.41. The van der Waals surface area contributed by atoms with Crippen LogP contribution in [0, 0.1) is 0 Å². The molecule has 112 valence electrons. The molecule has 8 heteroatoms. The van der Waals surface area contributed by atoms with Gasteiger partial charge in [-0.2, -0.15) is 0 Å². The van der Waals surface area contributed by atoms with Crippen LogP contribution in [-0.4, -0.2) is 36.4 Å². The molecule has 2 bridgehead atoms. The van der Waals surface area contributed by atoms with E-state index in [-0.39, 0.29) is 11.4 Å². The van der Waals surface area contributed by atoms with Crippen molar-refractivity contribution in [3.8, 4) is 0 Å². The van der Waals surface area contributed by atoms with Gasteiger partial charge in [0.1, 0.15) is 12.2 Å². The Morgan fingerprint density at radius 3 is 1.76 bits per heavy atom. The summed E-state index contributed by atoms with van der Waals surface area (Å²) in [6, 6.07) is 0. The van der Waals surface area contributed by atoms with Gasteiger partial charge in [-0.05, 0) is 19.3 Å². The summed E-state index contributed by atoms with van der Waals surface area (Å²) in [5, 5.41) is 7.66. The SMILES string of the molecule is COC(=O)c1nnc(C(=O)OC)c2c1C1CCCC2OO1. The third-order valence-electron chi connectivity index (χ3n) is 3.67. The Morgan fingerprint density at radius 1 is 0.952 bits per heavy atom. The molecule has 0 radical (unpaired) electrons. The van der Waals surface area contributed by atoms with E-state index in [1.165, 1.54) is 14.2 Å². The number of carbonyl (C=O) groups excluding carboxylic acids is 2. The largest absolute Gasteiger partial charge is 0.464 e. The molecule has 0 spiro atoms. The smallest absolute Gasteiger partial charge is 0.358 e. The molecule has 1 aromatic rings. The van der Waals surface area contributed by atoms with Crippen LogP contribution in [0.5, 0.6) is 0 Å². The molecule has 1 fully saturated rings. The van der Waals surface area contributed by atoms with Crippen LogP contribution >= 0.6 is 0 Å². The molecule has 1 aliphatic carbocycles. The minimum Gasteiger partial charge on any atom is -0.464 e. The third-order valence-corrected chi connectivity index (χ3v) is 3.67. The summed E-state index contributed by atoms with van der Waals surface area (Å²) >= 11 is 0. The van der Waals surface area contributed by atoms with E-state index in [0.717, 1.165) is 6.42 Å². The molecule has 3 aliphatic rings. The van der Waals surface area contributed by atoms with E-state index < -0.39 is 24.1 Å². The summed E-state index contributed by atoms with van der Waals surface area (Å²) in [6.07, 6.45) is 1.24. The molecule has 2 unspecified atom stereocenters. The zero-order valence-corrected chi connectivity index (χ0v) is 11.6. The van der Waals surface area contributed by atoms with Crippen LogP contribution in [0.25, 0.3) is 0 Å². The second kappa shape index (κ2) is 5.38. The Balaban J connectivity index is 2.24. The second-order valence-corrected chi connectivity index (χ2v) is 4.81. The van der Waals surface area contributed by atoms with E-state index in [9.17, 15) is 9.59 Å². The van der Waals surface area contributed by atoms with E-state index in [1.807, 2.05) is 0 Å². The highest BCUT2D eigenvalue weighted by Crippen LogP contribution is 2.45. The van der Waals surface area contributed by atoms with Crippen molar-refractivity contribution in [2.45, 2.75) is 31.5 Å². The van der Waals surface area contributed by atoms with Crippen molar-refractivity contribution in [2.75, 3.05) is 14.2 Å². The summed E-state index contributed by atoms with van der Waals surface area (Å²) in [6.45, 7) is 0. The van der Waals surface area contributed by atoms with Gasteiger partial charge in [-0.1, -0.05) is 0 Å². The van der Waals surface area contributed by atoms with Crippen LogP contribution in [0.2, 0.25) is 0 Å². The lowest BCUT2D eigenvalue weighted by Gasteiger charge is -2.28. The van der Waals surface area contributed by atoms with Crippen molar-refractivity contribution in [3.63, 3.8) is 0 Å². The molecule has 0 saturated carbocycles. The normalized spacial score (nSPS) is 23.1. The van der Waals surface area contributed by atoms with E-state index in [1.54, 1.807) is 0 Å². The van der Waals surface area contributed by atoms with Gasteiger partial charge in [-0.15, -0.1) is 10.2 Å². The number of carbonyl (C=O) groups is 2. The van der Waals surface area contributed by atoms with E-state index >= 15 is 0 Å². The van der Waals surface area contributed by atoms with Crippen molar-refractivity contribution in [1.29, 1.82) is 0 Å². The molecule has 1 aromatic heterocycles. The summed E-state index contributed by atoms with van der Waals surface area (Å²) < 4.78 is 9.45. The van der Waals surface area contributed by atoms with Gasteiger partial charge in [0, 0.05) is 11.1 Å². The number of fused-ring (bicyclic) bond motifs is 3. The number of hydrogen-bond donors (Lipinski definition) is 0. The first-order valence-corrected chi connectivity index (χ1v) is 6.56. The average Bonchev–Trinajstić information content (AvgIpc) is 2.87. The maximum Gasteiger partial charge on any atom is 0.358 e. The number of esters is 2. The summed E-state index contributed by atoms with van der Waals surface area (Å²) in [5.41, 5.74) is 1.15. The number of rotatable bonds is 2. The molecule has 2 atom stereocenters. The molecule has 3 heterocycles. The number of methoxy groups -OCH3 is 2. The molecule has 21 heavy (non-hydrogen) atoms. The van der Waals surface area contributed by atoms with Crippen molar-refractivity contribution >= 4 is 11.9 Å². The molecular weight excluding hydrogens is 280 g/mol. The quantitative estimate of drug-likeness (QED) is 0.594. The van der Waals surface area contributed by atoms with E-state index in [0.29, 0.717) is 24.0 Å². The van der Waals surface area contributed by atoms with Crippen LogP contribution in [0.3, 0.4) is 0 Å². The van der Waals surface area contributed by atoms with Crippen LogP contribution in [-0.2, 0) is 19.2 Å². The number of aromatic nitrogens is 2. The summed E-state index contributed by atoms with van der Waals surface area (Å²) in [4.78, 5) is 34.4. The van der Waals surface area contributed by atoms with Gasteiger partial charge in [-0.25, -0.2) is 19.4 Å². The lowest BCUT2D eigenvalue weighted by atomic mass is 9.95. The fourth-order valence-corrected chi connectivity index (χ4v) is 2.71. The van der Waals surface area contributed by atoms with Crippen molar-refractivity contribution in [3.05, 3.63) is 22.5 Å². The number of ether oxygens (including phenoxy) is 2. The predicted octanol–water partition coefficient (Wildman–Crippen LogP) is 1.28. The molecule has 0 N–H and O–H groups in total. The number of hydrogen-bond acceptors (Lipinski definition) is 8. The predicted molar refractivity (Wildman–Crippen MR) is 66.2 cm³/mol. The molecule has 1 saturated heterocycles. The molecule has 8 nitrogen and oxygen atoms in total. The van der Waals surface area contributed by atoms with E-state index in [4.69, 9.17) is 19.2 Å². The topological polar surface area (TPSA) is 96.8 Å². The lowest BCUT2D eigenvalue weighted by Crippen LogP contribution is -2.26. The first kappa shape index (κ1) is 13.9.